The average Bonchev–Trinajstić information content (AvgIpc) is 3.33. The highest BCUT2D eigenvalue weighted by molar-refractivity contribution is 5.83. The monoisotopic (exact) mass is 684 g/mol. The topological polar surface area (TPSA) is 208 Å². The van der Waals surface area contributed by atoms with E-state index in [4.69, 9.17) is 20.6 Å². The fraction of sp³-hybridized carbons (Fsp3) is 0.757. The standard InChI is InChI=1S/C37H56N4O8/c1-35-17-14-25(49-32(44)9-5-3-4-8-30(42)41-29(33(45)46)7-6-20-40-34(38)39)21-24(35)11-12-28-27(35)15-18-36(2)26(16-19-37(28,36)47)23-10-13-31(43)48-22-23/h10,13,22,24-29,47H,3-9,11-12,14-21H2,1-2H3,(H,41,42)(H,45,46)(H4,38,39,40)/t24-,25+,26-,27+,28-,29+,35+,36-,37+/m1/s1. The lowest BCUT2D eigenvalue weighted by atomic mass is 9.43. The van der Waals surface area contributed by atoms with E-state index in [1.165, 1.54) is 6.07 Å². The Labute approximate surface area is 288 Å². The molecule has 49 heavy (non-hydrogen) atoms. The summed E-state index contributed by atoms with van der Waals surface area (Å²) < 4.78 is 11.2. The van der Waals surface area contributed by atoms with Gasteiger partial charge < -0.3 is 36.2 Å². The van der Waals surface area contributed by atoms with Gasteiger partial charge in [-0.25, -0.2) is 9.59 Å². The molecule has 0 radical (unpaired) electrons. The molecule has 0 aromatic carbocycles. The van der Waals surface area contributed by atoms with Gasteiger partial charge in [0.15, 0.2) is 5.96 Å². The quantitative estimate of drug-likeness (QED) is 0.0809. The van der Waals surface area contributed by atoms with Gasteiger partial charge in [-0.1, -0.05) is 20.3 Å². The first kappa shape index (κ1) is 36.9. The number of nitrogens with two attached hydrogens (primary N) is 2. The number of aliphatic imine (C=N–C) groups is 1. The van der Waals surface area contributed by atoms with Gasteiger partial charge in [0.1, 0.15) is 12.1 Å². The molecule has 1 amide bonds. The molecule has 9 atom stereocenters. The van der Waals surface area contributed by atoms with Crippen molar-refractivity contribution >= 4 is 23.8 Å². The number of fused-ring (bicyclic) bond motifs is 5. The van der Waals surface area contributed by atoms with Crippen LogP contribution in [-0.4, -0.2) is 58.3 Å². The maximum Gasteiger partial charge on any atom is 0.335 e. The highest BCUT2D eigenvalue weighted by atomic mass is 16.5. The number of carboxylic acid groups (broad SMARTS) is 1. The predicted molar refractivity (Wildman–Crippen MR) is 183 cm³/mol. The Balaban J connectivity index is 1.04. The Bertz CT molecular complexity index is 1420. The zero-order valence-electron chi connectivity index (χ0n) is 29.2. The minimum absolute atomic E-state index is 0.0557. The van der Waals surface area contributed by atoms with Crippen molar-refractivity contribution in [2.45, 2.75) is 140 Å². The molecule has 1 aromatic rings. The van der Waals surface area contributed by atoms with Crippen LogP contribution < -0.4 is 22.4 Å². The molecule has 0 bridgehead atoms. The Morgan fingerprint density at radius 2 is 1.78 bits per heavy atom. The molecule has 0 unspecified atom stereocenters. The van der Waals surface area contributed by atoms with Gasteiger partial charge in [0.2, 0.25) is 5.91 Å². The third kappa shape index (κ3) is 7.84. The van der Waals surface area contributed by atoms with Crippen LogP contribution in [0.15, 0.2) is 32.6 Å². The minimum Gasteiger partial charge on any atom is -0.480 e. The number of esters is 1. The number of nitrogens with zero attached hydrogens (tertiary/aromatic N) is 1. The van der Waals surface area contributed by atoms with E-state index in [9.17, 15) is 29.4 Å². The van der Waals surface area contributed by atoms with Crippen LogP contribution in [0.1, 0.15) is 128 Å². The van der Waals surface area contributed by atoms with Crippen LogP contribution in [0.3, 0.4) is 0 Å². The lowest BCUT2D eigenvalue weighted by Crippen LogP contribution is -2.62. The van der Waals surface area contributed by atoms with Crippen molar-refractivity contribution in [1.29, 1.82) is 0 Å². The second-order valence-corrected chi connectivity index (χ2v) is 15.7. The summed E-state index contributed by atoms with van der Waals surface area (Å²) >= 11 is 0. The number of ether oxygens (including phenoxy) is 1. The van der Waals surface area contributed by atoms with Crippen molar-refractivity contribution in [1.82, 2.24) is 5.32 Å². The molecule has 12 heteroatoms. The summed E-state index contributed by atoms with van der Waals surface area (Å²) in [5, 5.41) is 24.4. The number of hydrogen-bond donors (Lipinski definition) is 5. The van der Waals surface area contributed by atoms with Gasteiger partial charge in [0.05, 0.1) is 11.9 Å². The molecule has 5 rings (SSSR count). The first-order valence-electron chi connectivity index (χ1n) is 18.3. The Morgan fingerprint density at radius 3 is 2.49 bits per heavy atom. The van der Waals surface area contributed by atoms with E-state index >= 15 is 0 Å². The van der Waals surface area contributed by atoms with Crippen LogP contribution in [0.2, 0.25) is 0 Å². The number of aliphatic carboxylic acids is 1. The highest BCUT2D eigenvalue weighted by Crippen LogP contribution is 2.70. The third-order valence-corrected chi connectivity index (χ3v) is 13.1. The van der Waals surface area contributed by atoms with Crippen molar-refractivity contribution in [3.63, 3.8) is 0 Å². The van der Waals surface area contributed by atoms with Crippen molar-refractivity contribution < 1.29 is 33.8 Å². The molecule has 1 aromatic heterocycles. The van der Waals surface area contributed by atoms with Gasteiger partial charge in [-0.15, -0.1) is 0 Å². The van der Waals surface area contributed by atoms with Gasteiger partial charge in [0.25, 0.3) is 0 Å². The number of unbranched alkanes of at least 4 members (excludes halogenated alkanes) is 2. The van der Waals surface area contributed by atoms with Crippen LogP contribution in [0, 0.1) is 28.6 Å². The van der Waals surface area contributed by atoms with E-state index in [1.54, 1.807) is 6.26 Å². The number of carboxylic acids is 1. The maximum absolute atomic E-state index is 12.8. The van der Waals surface area contributed by atoms with Gasteiger partial charge in [-0.2, -0.15) is 0 Å². The number of amides is 1. The molecular weight excluding hydrogens is 628 g/mol. The Morgan fingerprint density at radius 1 is 1.00 bits per heavy atom. The van der Waals surface area contributed by atoms with E-state index < -0.39 is 17.6 Å². The predicted octanol–water partition coefficient (Wildman–Crippen LogP) is 4.37. The summed E-state index contributed by atoms with van der Waals surface area (Å²) in [6.45, 7) is 4.96. The lowest BCUT2D eigenvalue weighted by Gasteiger charge is -2.63. The van der Waals surface area contributed by atoms with Crippen molar-refractivity contribution in [2.75, 3.05) is 6.54 Å². The summed E-state index contributed by atoms with van der Waals surface area (Å²) in [6.07, 6.45) is 12.8. The molecule has 1 heterocycles. The minimum atomic E-state index is -1.10. The molecule has 12 nitrogen and oxygen atoms in total. The van der Waals surface area contributed by atoms with E-state index in [1.807, 2.05) is 6.07 Å². The second kappa shape index (κ2) is 15.2. The Hall–Kier alpha value is -3.41. The van der Waals surface area contributed by atoms with Gasteiger partial charge >= 0.3 is 17.6 Å². The van der Waals surface area contributed by atoms with E-state index in [2.05, 4.69) is 24.2 Å². The van der Waals surface area contributed by atoms with E-state index in [-0.39, 0.29) is 65.1 Å². The zero-order chi connectivity index (χ0) is 35.4. The van der Waals surface area contributed by atoms with Gasteiger partial charge in [0, 0.05) is 30.9 Å². The van der Waals surface area contributed by atoms with E-state index in [0.29, 0.717) is 50.5 Å². The fourth-order valence-corrected chi connectivity index (χ4v) is 10.4. The molecule has 4 fully saturated rings. The SMILES string of the molecule is C[C@]12CC[C@H](OC(=O)CCCCCC(=O)N[C@@H](CCCN=C(N)N)C(=O)O)C[C@H]1CC[C@@H]1[C@@H]2CC[C@]2(C)[C@@H](c3ccc(=O)oc3)CC[C@]12O. The molecule has 272 valence electrons. The number of carbonyl (C=O) groups is 3. The molecule has 0 spiro atoms. The van der Waals surface area contributed by atoms with Crippen LogP contribution in [-0.2, 0) is 19.1 Å². The van der Waals surface area contributed by atoms with Crippen LogP contribution in [0.4, 0.5) is 0 Å². The molecule has 0 aliphatic heterocycles. The normalized spacial score (nSPS) is 34.1. The largest absolute Gasteiger partial charge is 0.480 e. The number of hydrogen-bond acceptors (Lipinski definition) is 8. The summed E-state index contributed by atoms with van der Waals surface area (Å²) in [7, 11) is 0. The third-order valence-electron chi connectivity index (χ3n) is 13.1. The average molecular weight is 685 g/mol. The smallest absolute Gasteiger partial charge is 0.335 e. The zero-order valence-corrected chi connectivity index (χ0v) is 29.2. The molecule has 7 N–H and O–H groups in total. The van der Waals surface area contributed by atoms with Gasteiger partial charge in [-0.3, -0.25) is 14.6 Å². The number of carbonyl (C=O) groups excluding carboxylic acids is 2. The first-order chi connectivity index (χ1) is 23.3. The maximum atomic E-state index is 12.8. The van der Waals surface area contributed by atoms with Crippen LogP contribution in [0.25, 0.3) is 0 Å². The molecule has 4 aliphatic rings. The molecule has 4 saturated carbocycles. The van der Waals surface area contributed by atoms with E-state index in [0.717, 1.165) is 63.4 Å². The molecule has 0 saturated heterocycles. The summed E-state index contributed by atoms with van der Waals surface area (Å²) in [6, 6.07) is 2.37. The molecule has 4 aliphatic carbocycles. The fourth-order valence-electron chi connectivity index (χ4n) is 10.4. The number of rotatable bonds is 14. The summed E-state index contributed by atoms with van der Waals surface area (Å²) in [4.78, 5) is 52.0. The Kier molecular flexibility index (Phi) is 11.5. The van der Waals surface area contributed by atoms with Crippen molar-refractivity contribution in [3.8, 4) is 0 Å². The van der Waals surface area contributed by atoms with Crippen LogP contribution >= 0.6 is 0 Å². The summed E-state index contributed by atoms with van der Waals surface area (Å²) in [5.41, 5.74) is 10.3. The first-order valence-corrected chi connectivity index (χ1v) is 18.3. The molecular formula is C37H56N4O8. The lowest BCUT2D eigenvalue weighted by molar-refractivity contribution is -0.207. The summed E-state index contributed by atoms with van der Waals surface area (Å²) in [5.74, 6) is -0.390. The second-order valence-electron chi connectivity index (χ2n) is 15.7. The number of aliphatic hydroxyl groups is 1. The number of nitrogens with one attached hydrogen (secondary N) is 1. The highest BCUT2D eigenvalue weighted by Gasteiger charge is 2.67. The van der Waals surface area contributed by atoms with Crippen molar-refractivity contribution in [2.24, 2.45) is 45.0 Å². The van der Waals surface area contributed by atoms with Gasteiger partial charge in [-0.05, 0) is 124 Å². The van der Waals surface area contributed by atoms with Crippen molar-refractivity contribution in [3.05, 3.63) is 34.4 Å². The van der Waals surface area contributed by atoms with Crippen LogP contribution in [0.5, 0.6) is 0 Å². The number of guanidine groups is 1.